The van der Waals surface area contributed by atoms with E-state index in [-0.39, 0.29) is 17.6 Å². The van der Waals surface area contributed by atoms with E-state index in [1.54, 1.807) is 31.2 Å². The Balaban J connectivity index is 2.06. The zero-order chi connectivity index (χ0) is 14.7. The number of rotatable bonds is 4. The highest BCUT2D eigenvalue weighted by atomic mass is 35.5. The van der Waals surface area contributed by atoms with Gasteiger partial charge in [0.2, 0.25) is 0 Å². The monoisotopic (exact) mass is 310 g/mol. The van der Waals surface area contributed by atoms with Gasteiger partial charge in [0.15, 0.2) is 5.69 Å². The number of benzene rings is 1. The largest absolute Gasteiger partial charge is 0.476 e. The molecule has 7 heteroatoms. The Kier molecular flexibility index (Phi) is 4.36. The van der Waals surface area contributed by atoms with Crippen molar-refractivity contribution in [2.24, 2.45) is 0 Å². The molecule has 104 valence electrons. The molecule has 1 unspecified atom stereocenters. The van der Waals surface area contributed by atoms with Gasteiger partial charge in [0.1, 0.15) is 5.01 Å². The lowest BCUT2D eigenvalue weighted by molar-refractivity contribution is 0.0691. The zero-order valence-electron chi connectivity index (χ0n) is 10.5. The molecule has 0 aliphatic carbocycles. The highest BCUT2D eigenvalue weighted by Crippen LogP contribution is 2.19. The highest BCUT2D eigenvalue weighted by Gasteiger charge is 2.16. The fraction of sp³-hybridized carbons (Fsp3) is 0.154. The standard InChI is InChI=1S/C13H11ClN2O3S/c1-7(12-16-10(6-20-12)13(18)19)15-11(17)8-2-4-9(14)5-3-8/h2-7H,1H3,(H,15,17)(H,18,19). The Morgan fingerprint density at radius 2 is 2.00 bits per heavy atom. The molecule has 0 saturated carbocycles. The second kappa shape index (κ2) is 6.02. The van der Waals surface area contributed by atoms with Gasteiger partial charge in [0.25, 0.3) is 5.91 Å². The Labute approximate surface area is 124 Å². The molecular formula is C13H11ClN2O3S. The molecule has 0 saturated heterocycles. The van der Waals surface area contributed by atoms with Gasteiger partial charge < -0.3 is 10.4 Å². The number of carbonyl (C=O) groups is 2. The van der Waals surface area contributed by atoms with Crippen molar-refractivity contribution < 1.29 is 14.7 Å². The van der Waals surface area contributed by atoms with Gasteiger partial charge in [-0.1, -0.05) is 11.6 Å². The van der Waals surface area contributed by atoms with E-state index in [0.717, 1.165) is 0 Å². The summed E-state index contributed by atoms with van der Waals surface area (Å²) in [7, 11) is 0. The van der Waals surface area contributed by atoms with Crippen molar-refractivity contribution in [1.29, 1.82) is 0 Å². The first-order chi connectivity index (χ1) is 9.47. The average Bonchev–Trinajstić information content (AvgIpc) is 2.89. The number of aromatic nitrogens is 1. The molecule has 0 radical (unpaired) electrons. The van der Waals surface area contributed by atoms with Crippen molar-refractivity contribution in [3.05, 3.63) is 50.9 Å². The van der Waals surface area contributed by atoms with Gasteiger partial charge in [-0.2, -0.15) is 0 Å². The summed E-state index contributed by atoms with van der Waals surface area (Å²) in [5, 5.41) is 14.1. The molecule has 2 rings (SSSR count). The van der Waals surface area contributed by atoms with Crippen LogP contribution in [0, 0.1) is 0 Å². The van der Waals surface area contributed by atoms with E-state index < -0.39 is 5.97 Å². The number of hydrogen-bond acceptors (Lipinski definition) is 4. The van der Waals surface area contributed by atoms with Crippen molar-refractivity contribution in [2.45, 2.75) is 13.0 Å². The summed E-state index contributed by atoms with van der Waals surface area (Å²) in [6.07, 6.45) is 0. The molecule has 0 fully saturated rings. The smallest absolute Gasteiger partial charge is 0.355 e. The SMILES string of the molecule is CC(NC(=O)c1ccc(Cl)cc1)c1nc(C(=O)O)cs1. The van der Waals surface area contributed by atoms with Crippen LogP contribution in [0.15, 0.2) is 29.6 Å². The minimum Gasteiger partial charge on any atom is -0.476 e. The van der Waals surface area contributed by atoms with Gasteiger partial charge >= 0.3 is 5.97 Å². The molecule has 5 nitrogen and oxygen atoms in total. The van der Waals surface area contributed by atoms with Crippen LogP contribution in [-0.2, 0) is 0 Å². The third-order valence-corrected chi connectivity index (χ3v) is 3.84. The molecule has 0 aliphatic rings. The van der Waals surface area contributed by atoms with Gasteiger partial charge in [-0.25, -0.2) is 9.78 Å². The van der Waals surface area contributed by atoms with Crippen LogP contribution in [0.3, 0.4) is 0 Å². The normalized spacial score (nSPS) is 11.9. The molecule has 20 heavy (non-hydrogen) atoms. The lowest BCUT2D eigenvalue weighted by Crippen LogP contribution is -2.26. The van der Waals surface area contributed by atoms with E-state index in [0.29, 0.717) is 15.6 Å². The maximum atomic E-state index is 12.0. The van der Waals surface area contributed by atoms with Crippen LogP contribution >= 0.6 is 22.9 Å². The molecule has 1 aromatic heterocycles. The van der Waals surface area contributed by atoms with Crippen molar-refractivity contribution in [3.8, 4) is 0 Å². The molecule has 2 N–H and O–H groups in total. The summed E-state index contributed by atoms with van der Waals surface area (Å²) in [5.41, 5.74) is 0.467. The number of carboxylic acid groups (broad SMARTS) is 1. The van der Waals surface area contributed by atoms with Crippen LogP contribution in [-0.4, -0.2) is 22.0 Å². The fourth-order valence-electron chi connectivity index (χ4n) is 1.53. The number of halogens is 1. The van der Waals surface area contributed by atoms with E-state index in [4.69, 9.17) is 16.7 Å². The second-order valence-electron chi connectivity index (χ2n) is 4.08. The van der Waals surface area contributed by atoms with Gasteiger partial charge in [-0.05, 0) is 31.2 Å². The number of nitrogens with zero attached hydrogens (tertiary/aromatic N) is 1. The number of carbonyl (C=O) groups excluding carboxylic acids is 1. The van der Waals surface area contributed by atoms with Gasteiger partial charge in [-0.15, -0.1) is 11.3 Å². The van der Waals surface area contributed by atoms with Gasteiger partial charge in [0.05, 0.1) is 6.04 Å². The first-order valence-electron chi connectivity index (χ1n) is 5.72. The number of aromatic carboxylic acids is 1. The Morgan fingerprint density at radius 3 is 2.55 bits per heavy atom. The van der Waals surface area contributed by atoms with Gasteiger partial charge in [0, 0.05) is 16.0 Å². The van der Waals surface area contributed by atoms with Crippen LogP contribution < -0.4 is 5.32 Å². The summed E-state index contributed by atoms with van der Waals surface area (Å²) in [6.45, 7) is 1.75. The van der Waals surface area contributed by atoms with E-state index in [1.165, 1.54) is 16.7 Å². The first-order valence-corrected chi connectivity index (χ1v) is 6.98. The summed E-state index contributed by atoms with van der Waals surface area (Å²) in [5.74, 6) is -1.34. The summed E-state index contributed by atoms with van der Waals surface area (Å²) >= 11 is 6.95. The molecule has 1 heterocycles. The Morgan fingerprint density at radius 1 is 1.35 bits per heavy atom. The quantitative estimate of drug-likeness (QED) is 0.910. The maximum absolute atomic E-state index is 12.0. The topological polar surface area (TPSA) is 79.3 Å². The third-order valence-electron chi connectivity index (χ3n) is 2.57. The van der Waals surface area contributed by atoms with Crippen molar-refractivity contribution in [2.75, 3.05) is 0 Å². The number of carboxylic acids is 1. The number of hydrogen-bond donors (Lipinski definition) is 2. The van der Waals surface area contributed by atoms with E-state index in [2.05, 4.69) is 10.3 Å². The fourth-order valence-corrected chi connectivity index (χ4v) is 2.45. The zero-order valence-corrected chi connectivity index (χ0v) is 12.0. The van der Waals surface area contributed by atoms with Crippen LogP contribution in [0.1, 0.15) is 38.8 Å². The molecular weight excluding hydrogens is 300 g/mol. The minimum absolute atomic E-state index is 0.0161. The van der Waals surface area contributed by atoms with Crippen molar-refractivity contribution in [1.82, 2.24) is 10.3 Å². The van der Waals surface area contributed by atoms with Crippen LogP contribution in [0.5, 0.6) is 0 Å². The lowest BCUT2D eigenvalue weighted by Gasteiger charge is -2.11. The molecule has 0 bridgehead atoms. The third kappa shape index (κ3) is 3.34. The number of amides is 1. The average molecular weight is 311 g/mol. The van der Waals surface area contributed by atoms with E-state index in [1.807, 2.05) is 0 Å². The Hall–Kier alpha value is -1.92. The summed E-state index contributed by atoms with van der Waals surface area (Å²) < 4.78 is 0. The Bertz CT molecular complexity index is 639. The summed E-state index contributed by atoms with van der Waals surface area (Å²) in [4.78, 5) is 26.7. The second-order valence-corrected chi connectivity index (χ2v) is 5.40. The van der Waals surface area contributed by atoms with Crippen LogP contribution in [0.25, 0.3) is 0 Å². The van der Waals surface area contributed by atoms with Crippen molar-refractivity contribution in [3.63, 3.8) is 0 Å². The molecule has 1 atom stereocenters. The summed E-state index contributed by atoms with van der Waals surface area (Å²) in [6, 6.07) is 6.14. The predicted molar refractivity (Wildman–Crippen MR) is 76.4 cm³/mol. The van der Waals surface area contributed by atoms with Crippen LogP contribution in [0.4, 0.5) is 0 Å². The lowest BCUT2D eigenvalue weighted by atomic mass is 10.2. The van der Waals surface area contributed by atoms with Gasteiger partial charge in [-0.3, -0.25) is 4.79 Å². The van der Waals surface area contributed by atoms with E-state index >= 15 is 0 Å². The first kappa shape index (κ1) is 14.5. The minimum atomic E-state index is -1.08. The molecule has 0 spiro atoms. The van der Waals surface area contributed by atoms with E-state index in [9.17, 15) is 9.59 Å². The molecule has 2 aromatic rings. The van der Waals surface area contributed by atoms with Crippen LogP contribution in [0.2, 0.25) is 5.02 Å². The highest BCUT2D eigenvalue weighted by molar-refractivity contribution is 7.09. The van der Waals surface area contributed by atoms with Crippen molar-refractivity contribution >= 4 is 34.8 Å². The molecule has 1 amide bonds. The number of thiazole rings is 1. The molecule has 0 aliphatic heterocycles. The molecule has 1 aromatic carbocycles. The number of nitrogens with one attached hydrogen (secondary N) is 1. The maximum Gasteiger partial charge on any atom is 0.355 e. The predicted octanol–water partition coefficient (Wildman–Crippen LogP) is 2.99.